The van der Waals surface area contributed by atoms with Gasteiger partial charge >= 0.3 is 11.9 Å². The number of hydrogen-bond donors (Lipinski definition) is 5. The number of nitrogens with zero attached hydrogens (tertiary/aromatic N) is 1. The zero-order valence-electron chi connectivity index (χ0n) is 11.3. The molecule has 0 unspecified atom stereocenters. The summed E-state index contributed by atoms with van der Waals surface area (Å²) in [6.07, 6.45) is 3.39. The predicted molar refractivity (Wildman–Crippen MR) is 78.1 cm³/mol. The number of aliphatic imine (C=N–C) groups is 1. The lowest BCUT2D eigenvalue weighted by Crippen LogP contribution is -2.22. The van der Waals surface area contributed by atoms with E-state index in [-0.39, 0.29) is 0 Å². The van der Waals surface area contributed by atoms with Crippen molar-refractivity contribution in [2.75, 3.05) is 5.73 Å². The first kappa shape index (κ1) is 15.8. The summed E-state index contributed by atoms with van der Waals surface area (Å²) in [6.45, 7) is 0. The van der Waals surface area contributed by atoms with Crippen LogP contribution in [0.25, 0.3) is 0 Å². The van der Waals surface area contributed by atoms with Gasteiger partial charge in [-0.25, -0.2) is 14.6 Å². The first-order valence-electron chi connectivity index (χ1n) is 6.06. The van der Waals surface area contributed by atoms with E-state index < -0.39 is 57.4 Å². The standard InChI is InChI=1S/C14H10N2O7/c15-10-8(18)4-6(12(19)9(10)14(22)23)16-11-5(13(20)21)2-1-3-7(11)17/h1-4,18-19H,15H2,(H,20,21)(H,22,23). The number of nitrogens with two attached hydrogens (primary N) is 1. The summed E-state index contributed by atoms with van der Waals surface area (Å²) < 4.78 is 0. The van der Waals surface area contributed by atoms with Crippen molar-refractivity contribution < 1.29 is 34.8 Å². The molecule has 23 heavy (non-hydrogen) atoms. The van der Waals surface area contributed by atoms with Crippen LogP contribution < -0.4 is 5.73 Å². The number of aliphatic carboxylic acids is 1. The van der Waals surface area contributed by atoms with Gasteiger partial charge in [0.05, 0.1) is 11.3 Å². The van der Waals surface area contributed by atoms with Crippen LogP contribution in [0, 0.1) is 0 Å². The smallest absolute Gasteiger partial charge is 0.341 e. The molecule has 9 heteroatoms. The van der Waals surface area contributed by atoms with Crippen LogP contribution in [0.4, 0.5) is 11.4 Å². The minimum Gasteiger partial charge on any atom is -0.506 e. The van der Waals surface area contributed by atoms with Crippen molar-refractivity contribution in [2.24, 2.45) is 4.99 Å². The van der Waals surface area contributed by atoms with Crippen LogP contribution in [-0.2, 0) is 9.59 Å². The number of carbonyl (C=O) groups is 3. The van der Waals surface area contributed by atoms with E-state index in [1.165, 1.54) is 6.08 Å². The number of ketones is 1. The second-order valence-corrected chi connectivity index (χ2v) is 4.43. The molecular weight excluding hydrogens is 308 g/mol. The maximum Gasteiger partial charge on any atom is 0.341 e. The van der Waals surface area contributed by atoms with Gasteiger partial charge in [0, 0.05) is 6.07 Å². The fourth-order valence-corrected chi connectivity index (χ4v) is 1.89. The van der Waals surface area contributed by atoms with Gasteiger partial charge in [-0.3, -0.25) is 4.79 Å². The number of aromatic hydroxyl groups is 2. The molecule has 9 nitrogen and oxygen atoms in total. The van der Waals surface area contributed by atoms with Crippen LogP contribution in [0.2, 0.25) is 0 Å². The van der Waals surface area contributed by atoms with E-state index >= 15 is 0 Å². The predicted octanol–water partition coefficient (Wildman–Crippen LogP) is 0.601. The minimum absolute atomic E-state index is 0.440. The highest BCUT2D eigenvalue weighted by atomic mass is 16.4. The SMILES string of the molecule is Nc1c(O)cc(N=C2C(=O)C=CC=C2C(=O)O)c(O)c1C(=O)O. The Balaban J connectivity index is 2.70. The molecule has 0 spiro atoms. The second-order valence-electron chi connectivity index (χ2n) is 4.43. The van der Waals surface area contributed by atoms with Crippen molar-refractivity contribution in [2.45, 2.75) is 0 Å². The Kier molecular flexibility index (Phi) is 3.86. The topological polar surface area (TPSA) is 171 Å². The molecular formula is C14H10N2O7. The van der Waals surface area contributed by atoms with Crippen LogP contribution >= 0.6 is 0 Å². The fraction of sp³-hybridized carbons (Fsp3) is 0. The second kappa shape index (κ2) is 5.64. The fourth-order valence-electron chi connectivity index (χ4n) is 1.89. The monoisotopic (exact) mass is 318 g/mol. The number of phenolic OH excluding ortho intramolecular Hbond substituents is 1. The number of nitrogen functional groups attached to an aromatic ring is 1. The number of carboxylic acid groups (broad SMARTS) is 2. The highest BCUT2D eigenvalue weighted by Gasteiger charge is 2.26. The minimum atomic E-state index is -1.62. The van der Waals surface area contributed by atoms with Crippen LogP contribution in [0.3, 0.4) is 0 Å². The molecule has 2 rings (SSSR count). The highest BCUT2D eigenvalue weighted by molar-refractivity contribution is 6.55. The Labute approximate surface area is 128 Å². The van der Waals surface area contributed by atoms with Gasteiger partial charge < -0.3 is 26.2 Å². The number of anilines is 1. The van der Waals surface area contributed by atoms with Crippen molar-refractivity contribution in [3.8, 4) is 11.5 Å². The van der Waals surface area contributed by atoms with Gasteiger partial charge in [-0.2, -0.15) is 0 Å². The van der Waals surface area contributed by atoms with Crippen LogP contribution in [-0.4, -0.2) is 43.9 Å². The van der Waals surface area contributed by atoms with Gasteiger partial charge in [0.25, 0.3) is 0 Å². The molecule has 0 aliphatic heterocycles. The van der Waals surface area contributed by atoms with E-state index in [2.05, 4.69) is 4.99 Å². The number of aromatic carboxylic acids is 1. The average Bonchev–Trinajstić information content (AvgIpc) is 2.46. The quantitative estimate of drug-likeness (QED) is 0.233. The van der Waals surface area contributed by atoms with Gasteiger partial charge in [-0.05, 0) is 12.2 Å². The van der Waals surface area contributed by atoms with E-state index in [1.54, 1.807) is 0 Å². The maximum atomic E-state index is 11.8. The first-order chi connectivity index (χ1) is 10.7. The molecule has 0 saturated carbocycles. The molecule has 6 N–H and O–H groups in total. The summed E-state index contributed by atoms with van der Waals surface area (Å²) in [6, 6.07) is 0.829. The third kappa shape index (κ3) is 2.75. The third-order valence-electron chi connectivity index (χ3n) is 2.97. The highest BCUT2D eigenvalue weighted by Crippen LogP contribution is 2.40. The average molecular weight is 318 g/mol. The van der Waals surface area contributed by atoms with Crippen molar-refractivity contribution in [1.82, 2.24) is 0 Å². The molecule has 0 saturated heterocycles. The van der Waals surface area contributed by atoms with E-state index in [1.807, 2.05) is 0 Å². The molecule has 118 valence electrons. The Morgan fingerprint density at radius 2 is 1.78 bits per heavy atom. The number of rotatable bonds is 3. The van der Waals surface area contributed by atoms with Crippen molar-refractivity contribution >= 4 is 34.8 Å². The van der Waals surface area contributed by atoms with Crippen molar-refractivity contribution in [1.29, 1.82) is 0 Å². The van der Waals surface area contributed by atoms with Gasteiger partial charge in [-0.15, -0.1) is 0 Å². The van der Waals surface area contributed by atoms with Crippen molar-refractivity contribution in [3.05, 3.63) is 35.4 Å². The number of allylic oxidation sites excluding steroid dienone is 3. The lowest BCUT2D eigenvalue weighted by molar-refractivity contribution is -0.132. The molecule has 1 aromatic carbocycles. The number of hydrogen-bond acceptors (Lipinski definition) is 7. The number of phenols is 2. The number of carboxylic acids is 2. The summed E-state index contributed by atoms with van der Waals surface area (Å²) in [5, 5.41) is 37.6. The molecule has 0 aromatic heterocycles. The summed E-state index contributed by atoms with van der Waals surface area (Å²) in [5.74, 6) is -5.38. The maximum absolute atomic E-state index is 11.8. The summed E-state index contributed by atoms with van der Waals surface area (Å²) in [4.78, 5) is 37.7. The van der Waals surface area contributed by atoms with E-state index in [4.69, 9.17) is 15.9 Å². The van der Waals surface area contributed by atoms with Gasteiger partial charge in [0.15, 0.2) is 5.75 Å². The first-order valence-corrected chi connectivity index (χ1v) is 6.06. The number of carbonyl (C=O) groups excluding carboxylic acids is 1. The van der Waals surface area contributed by atoms with Crippen LogP contribution in [0.1, 0.15) is 10.4 Å². The molecule has 0 atom stereocenters. The zero-order valence-corrected chi connectivity index (χ0v) is 11.3. The van der Waals surface area contributed by atoms with Gasteiger partial charge in [-0.1, -0.05) is 6.08 Å². The largest absolute Gasteiger partial charge is 0.506 e. The third-order valence-corrected chi connectivity index (χ3v) is 2.97. The van der Waals surface area contributed by atoms with Crippen LogP contribution in [0.15, 0.2) is 34.9 Å². The zero-order chi connectivity index (χ0) is 17.3. The lowest BCUT2D eigenvalue weighted by atomic mass is 10.0. The van der Waals surface area contributed by atoms with Gasteiger partial charge in [0.1, 0.15) is 22.7 Å². The molecule has 1 aromatic rings. The summed E-state index contributed by atoms with van der Waals surface area (Å²) in [7, 11) is 0. The summed E-state index contributed by atoms with van der Waals surface area (Å²) in [5.41, 5.74) is 2.53. The van der Waals surface area contributed by atoms with Crippen LogP contribution in [0.5, 0.6) is 11.5 Å². The number of benzene rings is 1. The van der Waals surface area contributed by atoms with E-state index in [0.29, 0.717) is 0 Å². The lowest BCUT2D eigenvalue weighted by Gasteiger charge is -2.11. The molecule has 0 amide bonds. The summed E-state index contributed by atoms with van der Waals surface area (Å²) >= 11 is 0. The molecule has 0 bridgehead atoms. The Morgan fingerprint density at radius 3 is 2.35 bits per heavy atom. The van der Waals surface area contributed by atoms with Gasteiger partial charge in [0.2, 0.25) is 5.78 Å². The molecule has 0 heterocycles. The Bertz CT molecular complexity index is 834. The van der Waals surface area contributed by atoms with Crippen molar-refractivity contribution in [3.63, 3.8) is 0 Å². The molecule has 1 aliphatic rings. The Morgan fingerprint density at radius 1 is 1.13 bits per heavy atom. The van der Waals surface area contributed by atoms with E-state index in [9.17, 15) is 24.6 Å². The molecule has 1 aliphatic carbocycles. The molecule has 0 radical (unpaired) electrons. The van der Waals surface area contributed by atoms with E-state index in [0.717, 1.165) is 18.2 Å². The molecule has 0 fully saturated rings. The normalized spacial score (nSPS) is 15.6. The Hall–Kier alpha value is -3.62.